The van der Waals surface area contributed by atoms with Crippen LogP contribution >= 0.6 is 11.8 Å². The van der Waals surface area contributed by atoms with Crippen molar-refractivity contribution in [2.24, 2.45) is 11.3 Å². The highest BCUT2D eigenvalue weighted by atomic mass is 32.2. The molecule has 128 valence electrons. The Labute approximate surface area is 150 Å². The molecular weight excluding hydrogens is 336 g/mol. The molecule has 0 aliphatic carbocycles. The molecule has 0 spiro atoms. The molecule has 0 aromatic heterocycles. The first-order valence-electron chi connectivity index (χ1n) is 7.69. The number of hydrogen-bond donors (Lipinski definition) is 2. The summed E-state index contributed by atoms with van der Waals surface area (Å²) in [5.74, 6) is -1.64. The predicted octanol–water partition coefficient (Wildman–Crippen LogP) is 2.78. The number of anilines is 1. The van der Waals surface area contributed by atoms with Gasteiger partial charge in [0.15, 0.2) is 0 Å². The molecule has 1 heterocycles. The number of hydrogen-bond acceptors (Lipinski definition) is 5. The van der Waals surface area contributed by atoms with Crippen molar-refractivity contribution in [3.05, 3.63) is 40.9 Å². The summed E-state index contributed by atoms with van der Waals surface area (Å²) in [6.45, 7) is 5.07. The second-order valence-electron chi connectivity index (χ2n) is 6.20. The SMILES string of the molecule is C[C@H](SC1=C(C#N)C(C)(C)[C@@H](C#N)C(=O)N1)C(=O)Nc1ccccc1. The van der Waals surface area contributed by atoms with Crippen LogP contribution in [0.1, 0.15) is 20.8 Å². The molecule has 0 radical (unpaired) electrons. The Hall–Kier alpha value is -2.77. The molecule has 2 amide bonds. The molecule has 0 bridgehead atoms. The minimum Gasteiger partial charge on any atom is -0.325 e. The van der Waals surface area contributed by atoms with Gasteiger partial charge in [-0.1, -0.05) is 43.8 Å². The first kappa shape index (κ1) is 18.6. The summed E-state index contributed by atoms with van der Waals surface area (Å²) in [6.07, 6.45) is 0. The van der Waals surface area contributed by atoms with E-state index in [1.165, 1.54) is 0 Å². The smallest absolute Gasteiger partial charge is 0.243 e. The maximum absolute atomic E-state index is 12.3. The summed E-state index contributed by atoms with van der Waals surface area (Å²) < 4.78 is 0. The number of benzene rings is 1. The van der Waals surface area contributed by atoms with Crippen LogP contribution in [0.5, 0.6) is 0 Å². The van der Waals surface area contributed by atoms with Crippen molar-refractivity contribution in [1.82, 2.24) is 5.32 Å². The highest BCUT2D eigenvalue weighted by molar-refractivity contribution is 8.04. The van der Waals surface area contributed by atoms with Gasteiger partial charge in [-0.15, -0.1) is 0 Å². The topological polar surface area (TPSA) is 106 Å². The maximum Gasteiger partial charge on any atom is 0.243 e. The van der Waals surface area contributed by atoms with Gasteiger partial charge in [-0.2, -0.15) is 10.5 Å². The van der Waals surface area contributed by atoms with Crippen LogP contribution in [0.2, 0.25) is 0 Å². The molecule has 0 unspecified atom stereocenters. The van der Waals surface area contributed by atoms with Crippen LogP contribution in [0, 0.1) is 34.0 Å². The Kier molecular flexibility index (Phi) is 5.51. The van der Waals surface area contributed by atoms with Crippen molar-refractivity contribution in [3.8, 4) is 12.1 Å². The minimum atomic E-state index is -0.944. The zero-order valence-corrected chi connectivity index (χ0v) is 15.0. The summed E-state index contributed by atoms with van der Waals surface area (Å²) in [4.78, 5) is 24.5. The van der Waals surface area contributed by atoms with Crippen molar-refractivity contribution < 1.29 is 9.59 Å². The molecule has 1 aromatic carbocycles. The van der Waals surface area contributed by atoms with Gasteiger partial charge >= 0.3 is 0 Å². The average molecular weight is 354 g/mol. The molecule has 0 saturated carbocycles. The number of nitrogens with zero attached hydrogens (tertiary/aromatic N) is 2. The number of amides is 2. The van der Waals surface area contributed by atoms with Gasteiger partial charge in [-0.25, -0.2) is 0 Å². The van der Waals surface area contributed by atoms with Gasteiger partial charge < -0.3 is 10.6 Å². The van der Waals surface area contributed by atoms with E-state index in [4.69, 9.17) is 0 Å². The van der Waals surface area contributed by atoms with E-state index in [0.29, 0.717) is 16.3 Å². The fourth-order valence-electron chi connectivity index (χ4n) is 2.51. The van der Waals surface area contributed by atoms with Crippen LogP contribution < -0.4 is 10.6 Å². The third-order valence-electron chi connectivity index (χ3n) is 4.04. The fourth-order valence-corrected chi connectivity index (χ4v) is 3.62. The predicted molar refractivity (Wildman–Crippen MR) is 95.8 cm³/mol. The molecule has 0 saturated heterocycles. The number of thioether (sulfide) groups is 1. The average Bonchev–Trinajstić information content (AvgIpc) is 2.55. The summed E-state index contributed by atoms with van der Waals surface area (Å²) in [5.41, 5.74) is 0.0686. The van der Waals surface area contributed by atoms with E-state index in [9.17, 15) is 20.1 Å². The quantitative estimate of drug-likeness (QED) is 0.865. The lowest BCUT2D eigenvalue weighted by Crippen LogP contribution is -2.45. The number of nitriles is 2. The second-order valence-corrected chi connectivity index (χ2v) is 7.56. The van der Waals surface area contributed by atoms with Crippen LogP contribution in [-0.4, -0.2) is 17.1 Å². The van der Waals surface area contributed by atoms with Gasteiger partial charge in [0, 0.05) is 11.1 Å². The molecule has 1 aliphatic rings. The molecule has 25 heavy (non-hydrogen) atoms. The Morgan fingerprint density at radius 3 is 2.52 bits per heavy atom. The van der Waals surface area contributed by atoms with Crippen molar-refractivity contribution >= 4 is 29.3 Å². The van der Waals surface area contributed by atoms with Gasteiger partial charge in [-0.05, 0) is 19.1 Å². The normalized spacial score (nSPS) is 20.0. The van der Waals surface area contributed by atoms with E-state index in [0.717, 1.165) is 11.8 Å². The van der Waals surface area contributed by atoms with E-state index in [1.807, 2.05) is 24.3 Å². The molecule has 7 heteroatoms. The zero-order valence-electron chi connectivity index (χ0n) is 14.2. The third-order valence-corrected chi connectivity index (χ3v) is 5.15. The van der Waals surface area contributed by atoms with Crippen LogP contribution in [0.15, 0.2) is 40.9 Å². The third kappa shape index (κ3) is 3.84. The Balaban J connectivity index is 2.21. The summed E-state index contributed by atoms with van der Waals surface area (Å²) in [6, 6.07) is 13.1. The summed E-state index contributed by atoms with van der Waals surface area (Å²) in [7, 11) is 0. The van der Waals surface area contributed by atoms with Crippen molar-refractivity contribution in [2.45, 2.75) is 26.0 Å². The van der Waals surface area contributed by atoms with E-state index in [-0.39, 0.29) is 5.91 Å². The maximum atomic E-state index is 12.3. The zero-order chi connectivity index (χ0) is 18.6. The van der Waals surface area contributed by atoms with Crippen LogP contribution in [0.25, 0.3) is 0 Å². The molecule has 1 aliphatic heterocycles. The van der Waals surface area contributed by atoms with Crippen molar-refractivity contribution in [1.29, 1.82) is 10.5 Å². The Morgan fingerprint density at radius 1 is 1.32 bits per heavy atom. The molecular formula is C18H18N4O2S. The molecule has 2 rings (SSSR count). The van der Waals surface area contributed by atoms with Crippen LogP contribution in [0.4, 0.5) is 5.69 Å². The standard InChI is InChI=1S/C18H18N4O2S/c1-11(15(23)21-12-7-5-4-6-8-12)25-17-14(10-20)18(2,3)13(9-19)16(24)22-17/h4-8,11,13H,1-3H3,(H,21,23)(H,22,24)/t11-,13-/m0/s1. The number of carbonyl (C=O) groups excluding carboxylic acids is 2. The fraction of sp³-hybridized carbons (Fsp3) is 0.333. The minimum absolute atomic E-state index is 0.240. The second kappa shape index (κ2) is 7.42. The van der Waals surface area contributed by atoms with Gasteiger partial charge in [-0.3, -0.25) is 9.59 Å². The molecule has 2 N–H and O–H groups in total. The largest absolute Gasteiger partial charge is 0.325 e. The molecule has 6 nitrogen and oxygen atoms in total. The number of nitrogens with one attached hydrogen (secondary N) is 2. The summed E-state index contributed by atoms with van der Waals surface area (Å²) in [5, 5.41) is 23.9. The number of para-hydroxylation sites is 1. The molecule has 0 fully saturated rings. The summed E-state index contributed by atoms with van der Waals surface area (Å²) >= 11 is 1.10. The molecule has 2 atom stereocenters. The van der Waals surface area contributed by atoms with Gasteiger partial charge in [0.1, 0.15) is 5.92 Å². The molecule has 1 aromatic rings. The highest BCUT2D eigenvalue weighted by Gasteiger charge is 2.45. The monoisotopic (exact) mass is 354 g/mol. The lowest BCUT2D eigenvalue weighted by molar-refractivity contribution is -0.125. The van der Waals surface area contributed by atoms with Gasteiger partial charge in [0.25, 0.3) is 0 Å². The van der Waals surface area contributed by atoms with Crippen LogP contribution in [0.3, 0.4) is 0 Å². The van der Waals surface area contributed by atoms with E-state index < -0.39 is 22.5 Å². The van der Waals surface area contributed by atoms with E-state index in [2.05, 4.69) is 16.7 Å². The lowest BCUT2D eigenvalue weighted by Gasteiger charge is -2.35. The van der Waals surface area contributed by atoms with Crippen molar-refractivity contribution in [2.75, 3.05) is 5.32 Å². The van der Waals surface area contributed by atoms with E-state index >= 15 is 0 Å². The van der Waals surface area contributed by atoms with Gasteiger partial charge in [0.2, 0.25) is 11.8 Å². The number of rotatable bonds is 4. The lowest BCUT2D eigenvalue weighted by atomic mass is 9.72. The first-order valence-corrected chi connectivity index (χ1v) is 8.57. The van der Waals surface area contributed by atoms with Crippen LogP contribution in [-0.2, 0) is 9.59 Å². The number of allylic oxidation sites excluding steroid dienone is 1. The van der Waals surface area contributed by atoms with Crippen molar-refractivity contribution in [3.63, 3.8) is 0 Å². The highest BCUT2D eigenvalue weighted by Crippen LogP contribution is 2.42. The number of carbonyl (C=O) groups is 2. The van der Waals surface area contributed by atoms with Gasteiger partial charge in [0.05, 0.1) is 28.0 Å². The first-order chi connectivity index (χ1) is 11.8. The Bertz CT molecular complexity index is 803. The van der Waals surface area contributed by atoms with E-state index in [1.54, 1.807) is 32.9 Å². The Morgan fingerprint density at radius 2 is 1.96 bits per heavy atom.